The van der Waals surface area contributed by atoms with Gasteiger partial charge in [-0.15, -0.1) is 0 Å². The third-order valence-electron chi connectivity index (χ3n) is 1.52. The molecule has 1 N–H and O–H groups in total. The molecular weight excluding hydrogens is 250 g/mol. The molecule has 18 heavy (non-hydrogen) atoms. The van der Waals surface area contributed by atoms with E-state index in [0.29, 0.717) is 19.8 Å². The fraction of sp³-hybridized carbons (Fsp3) is 0.750. The molecule has 0 bridgehead atoms. The van der Waals surface area contributed by atoms with Crippen LogP contribution in [-0.4, -0.2) is 41.3 Å². The number of rotatable bonds is 8. The highest BCUT2D eigenvalue weighted by Crippen LogP contribution is 1.91. The van der Waals surface area contributed by atoms with E-state index in [4.69, 9.17) is 13.3 Å². The second-order valence-corrected chi connectivity index (χ2v) is 5.10. The van der Waals surface area contributed by atoms with Gasteiger partial charge in [-0.2, -0.15) is 0 Å². The van der Waals surface area contributed by atoms with E-state index in [9.17, 15) is 4.79 Å². The predicted molar refractivity (Wildman–Crippen MR) is 75.5 cm³/mol. The Morgan fingerprint density at radius 3 is 1.72 bits per heavy atom. The van der Waals surface area contributed by atoms with Crippen LogP contribution in [0.5, 0.6) is 0 Å². The average Bonchev–Trinajstić information content (AvgIpc) is 2.30. The van der Waals surface area contributed by atoms with E-state index in [1.54, 1.807) is 0 Å². The van der Waals surface area contributed by atoms with Crippen LogP contribution in [0.2, 0.25) is 0 Å². The van der Waals surface area contributed by atoms with Crippen molar-refractivity contribution >= 4 is 15.4 Å². The summed E-state index contributed by atoms with van der Waals surface area (Å²) in [4.78, 5) is 10.4. The van der Waals surface area contributed by atoms with E-state index in [-0.39, 0.29) is 11.9 Å². The van der Waals surface area contributed by atoms with Crippen LogP contribution in [0.1, 0.15) is 34.6 Å². The lowest BCUT2D eigenvalue weighted by Crippen LogP contribution is -2.27. The van der Waals surface area contributed by atoms with Crippen molar-refractivity contribution in [1.82, 2.24) is 5.32 Å². The second-order valence-electron chi connectivity index (χ2n) is 3.52. The van der Waals surface area contributed by atoms with Gasteiger partial charge in [-0.05, 0) is 40.7 Å². The van der Waals surface area contributed by atoms with Crippen molar-refractivity contribution in [2.24, 2.45) is 0 Å². The Morgan fingerprint density at radius 2 is 1.56 bits per heavy atom. The van der Waals surface area contributed by atoms with E-state index in [1.807, 2.05) is 34.6 Å². The predicted octanol–water partition coefficient (Wildman–Crippen LogP) is 1.51. The zero-order valence-corrected chi connectivity index (χ0v) is 13.3. The Hall–Kier alpha value is -0.693. The number of hydrogen-bond donors (Lipinski definition) is 1. The van der Waals surface area contributed by atoms with Crippen molar-refractivity contribution in [2.75, 3.05) is 19.8 Å². The fourth-order valence-electron chi connectivity index (χ4n) is 0.896. The number of amides is 1. The summed E-state index contributed by atoms with van der Waals surface area (Å²) in [6.45, 7) is 15.0. The van der Waals surface area contributed by atoms with Gasteiger partial charge in [-0.3, -0.25) is 4.79 Å². The first kappa shape index (κ1) is 19.6. The number of nitrogens with one attached hydrogen (secondary N) is 1. The van der Waals surface area contributed by atoms with Gasteiger partial charge in [-0.1, -0.05) is 6.58 Å². The Bertz CT molecular complexity index is 198. The van der Waals surface area contributed by atoms with Crippen LogP contribution in [0.4, 0.5) is 0 Å². The van der Waals surface area contributed by atoms with Crippen LogP contribution in [0.25, 0.3) is 0 Å². The first-order valence-corrected chi connectivity index (χ1v) is 7.70. The van der Waals surface area contributed by atoms with Gasteiger partial charge in [0.2, 0.25) is 5.91 Å². The summed E-state index contributed by atoms with van der Waals surface area (Å²) in [5.41, 5.74) is 0. The Labute approximate surface area is 112 Å². The van der Waals surface area contributed by atoms with E-state index in [1.165, 1.54) is 6.08 Å². The van der Waals surface area contributed by atoms with Crippen LogP contribution in [0, 0.1) is 0 Å². The Kier molecular flexibility index (Phi) is 15.7. The fourth-order valence-corrected chi connectivity index (χ4v) is 2.00. The molecule has 0 aromatic carbocycles. The Balaban J connectivity index is 0. The van der Waals surface area contributed by atoms with E-state index < -0.39 is 9.53 Å². The molecule has 0 saturated heterocycles. The first-order valence-electron chi connectivity index (χ1n) is 6.29. The second kappa shape index (κ2) is 14.4. The summed E-state index contributed by atoms with van der Waals surface area (Å²) in [7, 11) is -1.73. The summed E-state index contributed by atoms with van der Waals surface area (Å²) < 4.78 is 15.7. The van der Waals surface area contributed by atoms with Crippen LogP contribution in [-0.2, 0) is 18.1 Å². The normalized spacial score (nSPS) is 9.94. The molecule has 6 heteroatoms. The molecule has 0 aliphatic carbocycles. The molecule has 0 fully saturated rings. The average molecular weight is 277 g/mol. The summed E-state index contributed by atoms with van der Waals surface area (Å²) in [5, 5.41) is 2.64. The molecule has 5 nitrogen and oxygen atoms in total. The smallest absolute Gasteiger partial charge is 0.376 e. The minimum atomic E-state index is -1.73. The lowest BCUT2D eigenvalue weighted by Gasteiger charge is -2.12. The highest BCUT2D eigenvalue weighted by Gasteiger charge is 2.11. The molecule has 0 spiro atoms. The molecule has 0 aliphatic rings. The molecule has 0 atom stereocenters. The molecule has 0 radical (unpaired) electrons. The largest absolute Gasteiger partial charge is 0.484 e. The zero-order chi connectivity index (χ0) is 14.4. The maximum Gasteiger partial charge on any atom is 0.484 e. The van der Waals surface area contributed by atoms with Crippen LogP contribution in [0.3, 0.4) is 0 Å². The molecule has 0 unspecified atom stereocenters. The number of hydrogen-bond acceptors (Lipinski definition) is 4. The lowest BCUT2D eigenvalue weighted by molar-refractivity contribution is -0.116. The van der Waals surface area contributed by atoms with Crippen LogP contribution >= 0.6 is 0 Å². The van der Waals surface area contributed by atoms with Gasteiger partial charge in [-0.25, -0.2) is 0 Å². The molecule has 0 heterocycles. The highest BCUT2D eigenvalue weighted by atomic mass is 28.3. The summed E-state index contributed by atoms with van der Waals surface area (Å²) in [5.74, 6) is -0.111. The van der Waals surface area contributed by atoms with Gasteiger partial charge < -0.3 is 18.6 Å². The molecular formula is C12H27NO4Si. The van der Waals surface area contributed by atoms with E-state index >= 15 is 0 Å². The van der Waals surface area contributed by atoms with Crippen molar-refractivity contribution in [1.29, 1.82) is 0 Å². The van der Waals surface area contributed by atoms with Gasteiger partial charge in [0.25, 0.3) is 0 Å². The quantitative estimate of drug-likeness (QED) is 0.540. The molecule has 1 amide bonds. The van der Waals surface area contributed by atoms with Gasteiger partial charge in [0.15, 0.2) is 0 Å². The van der Waals surface area contributed by atoms with Crippen molar-refractivity contribution in [3.8, 4) is 0 Å². The summed E-state index contributed by atoms with van der Waals surface area (Å²) >= 11 is 0. The van der Waals surface area contributed by atoms with Gasteiger partial charge in [0.05, 0.1) is 0 Å². The van der Waals surface area contributed by atoms with Crippen molar-refractivity contribution in [3.63, 3.8) is 0 Å². The molecule has 0 saturated carbocycles. The summed E-state index contributed by atoms with van der Waals surface area (Å²) in [6, 6.07) is 0.209. The van der Waals surface area contributed by atoms with Crippen molar-refractivity contribution < 1.29 is 18.1 Å². The van der Waals surface area contributed by atoms with E-state index in [0.717, 1.165) is 0 Å². The number of carbonyl (C=O) groups excluding carboxylic acids is 1. The highest BCUT2D eigenvalue weighted by molar-refractivity contribution is 6.36. The maximum absolute atomic E-state index is 10.4. The number of carbonyl (C=O) groups is 1. The monoisotopic (exact) mass is 277 g/mol. The minimum absolute atomic E-state index is 0.111. The van der Waals surface area contributed by atoms with Gasteiger partial charge in [0, 0.05) is 25.9 Å². The third kappa shape index (κ3) is 15.3. The molecule has 0 aromatic heterocycles. The standard InChI is InChI=1S/C6H11NO.C6H16O3Si/c1-4-6(8)7-5(2)3;1-4-7-10(8-5-2)9-6-3/h4-5H,1H2,2-3H3,(H,7,8);10H,4-6H2,1-3H3. The molecule has 108 valence electrons. The minimum Gasteiger partial charge on any atom is -0.376 e. The van der Waals surface area contributed by atoms with Crippen molar-refractivity contribution in [3.05, 3.63) is 12.7 Å². The molecule has 0 aliphatic heterocycles. The molecule has 0 aromatic rings. The SMILES string of the molecule is C=CC(=O)NC(C)C.CCO[SiH](OCC)OCC. The van der Waals surface area contributed by atoms with Gasteiger partial charge in [0.1, 0.15) is 0 Å². The third-order valence-corrected chi connectivity index (χ3v) is 3.34. The van der Waals surface area contributed by atoms with Crippen molar-refractivity contribution in [2.45, 2.75) is 40.7 Å². The van der Waals surface area contributed by atoms with Gasteiger partial charge >= 0.3 is 9.53 Å². The molecule has 0 rings (SSSR count). The lowest BCUT2D eigenvalue weighted by atomic mass is 10.4. The topological polar surface area (TPSA) is 56.8 Å². The zero-order valence-electron chi connectivity index (χ0n) is 12.2. The maximum atomic E-state index is 10.4. The summed E-state index contributed by atoms with van der Waals surface area (Å²) in [6.07, 6.45) is 1.26. The Morgan fingerprint density at radius 1 is 1.17 bits per heavy atom. The first-order chi connectivity index (χ1) is 8.51. The van der Waals surface area contributed by atoms with Crippen LogP contribution in [0.15, 0.2) is 12.7 Å². The van der Waals surface area contributed by atoms with E-state index in [2.05, 4.69) is 11.9 Å². The van der Waals surface area contributed by atoms with Crippen LogP contribution < -0.4 is 5.32 Å².